The molecule has 68 valence electrons. The molecule has 0 aromatic heterocycles. The van der Waals surface area contributed by atoms with Crippen LogP contribution >= 0.6 is 11.8 Å². The standard InChI is InChI=1S/C7H15NS.C2H6/c1-3-8-4-5-9-7(2)6-8;1-2/h7H,3-6H2,1-2H3;1-2H3/t7-;/m0./s1. The van der Waals surface area contributed by atoms with Gasteiger partial charge < -0.3 is 4.90 Å². The van der Waals surface area contributed by atoms with Gasteiger partial charge in [0.25, 0.3) is 0 Å². The Kier molecular flexibility index (Phi) is 7.18. The van der Waals surface area contributed by atoms with E-state index in [2.05, 4.69) is 30.5 Å². The third kappa shape index (κ3) is 4.70. The lowest BCUT2D eigenvalue weighted by Crippen LogP contribution is -2.36. The summed E-state index contributed by atoms with van der Waals surface area (Å²) >= 11 is 2.10. The van der Waals surface area contributed by atoms with Crippen molar-refractivity contribution in [3.8, 4) is 0 Å². The molecule has 2 heteroatoms. The fraction of sp³-hybridized carbons (Fsp3) is 1.00. The lowest BCUT2D eigenvalue weighted by Gasteiger charge is -2.29. The van der Waals surface area contributed by atoms with Gasteiger partial charge in [-0.25, -0.2) is 0 Å². The summed E-state index contributed by atoms with van der Waals surface area (Å²) in [5.74, 6) is 1.33. The molecule has 11 heavy (non-hydrogen) atoms. The van der Waals surface area contributed by atoms with Gasteiger partial charge in [0.15, 0.2) is 0 Å². The molecule has 1 aliphatic heterocycles. The highest BCUT2D eigenvalue weighted by Crippen LogP contribution is 2.16. The minimum Gasteiger partial charge on any atom is -0.302 e. The molecule has 1 atom stereocenters. The summed E-state index contributed by atoms with van der Waals surface area (Å²) in [7, 11) is 0. The highest BCUT2D eigenvalue weighted by Gasteiger charge is 2.13. The van der Waals surface area contributed by atoms with Crippen LogP contribution in [0.3, 0.4) is 0 Å². The van der Waals surface area contributed by atoms with Gasteiger partial charge in [-0.3, -0.25) is 0 Å². The van der Waals surface area contributed by atoms with Crippen molar-refractivity contribution in [3.63, 3.8) is 0 Å². The number of nitrogens with zero attached hydrogens (tertiary/aromatic N) is 1. The first-order valence-electron chi connectivity index (χ1n) is 4.67. The molecule has 1 nitrogen and oxygen atoms in total. The maximum Gasteiger partial charge on any atom is 0.0147 e. The molecule has 1 heterocycles. The van der Waals surface area contributed by atoms with Gasteiger partial charge in [-0.05, 0) is 6.54 Å². The monoisotopic (exact) mass is 175 g/mol. The second-order valence-corrected chi connectivity index (χ2v) is 4.12. The predicted octanol–water partition coefficient (Wildman–Crippen LogP) is 2.47. The molecule has 0 bridgehead atoms. The Balaban J connectivity index is 0.000000461. The number of hydrogen-bond acceptors (Lipinski definition) is 2. The van der Waals surface area contributed by atoms with Crippen LogP contribution in [-0.2, 0) is 0 Å². The Morgan fingerprint density at radius 3 is 2.45 bits per heavy atom. The van der Waals surface area contributed by atoms with Gasteiger partial charge in [0.1, 0.15) is 0 Å². The zero-order valence-electron chi connectivity index (χ0n) is 8.26. The molecule has 0 saturated carbocycles. The molecule has 1 saturated heterocycles. The Morgan fingerprint density at radius 1 is 1.45 bits per heavy atom. The van der Waals surface area contributed by atoms with E-state index in [1.807, 2.05) is 13.8 Å². The maximum atomic E-state index is 2.52. The average Bonchev–Trinajstić information content (AvgIpc) is 2.08. The number of hydrogen-bond donors (Lipinski definition) is 0. The Morgan fingerprint density at radius 2 is 2.09 bits per heavy atom. The number of rotatable bonds is 1. The Labute approximate surface area is 75.5 Å². The molecular weight excluding hydrogens is 154 g/mol. The fourth-order valence-corrected chi connectivity index (χ4v) is 2.26. The van der Waals surface area contributed by atoms with Gasteiger partial charge in [-0.2, -0.15) is 11.8 Å². The maximum absolute atomic E-state index is 2.52. The zero-order chi connectivity index (χ0) is 8.69. The van der Waals surface area contributed by atoms with E-state index in [0.29, 0.717) is 0 Å². The molecule has 0 aromatic carbocycles. The first-order chi connectivity index (χ1) is 5.33. The van der Waals surface area contributed by atoms with E-state index in [1.54, 1.807) is 0 Å². The van der Waals surface area contributed by atoms with Gasteiger partial charge >= 0.3 is 0 Å². The van der Waals surface area contributed by atoms with Gasteiger partial charge in [0.05, 0.1) is 0 Å². The minimum atomic E-state index is 0.860. The summed E-state index contributed by atoms with van der Waals surface area (Å²) in [5, 5.41) is 0.860. The molecule has 0 unspecified atom stereocenters. The first kappa shape index (κ1) is 11.3. The molecule has 0 N–H and O–H groups in total. The van der Waals surface area contributed by atoms with E-state index in [4.69, 9.17) is 0 Å². The molecule has 0 amide bonds. The van der Waals surface area contributed by atoms with Crippen LogP contribution in [0.4, 0.5) is 0 Å². The summed E-state index contributed by atoms with van der Waals surface area (Å²) in [6.45, 7) is 12.4. The second-order valence-electron chi connectivity index (χ2n) is 2.57. The lowest BCUT2D eigenvalue weighted by atomic mass is 10.4. The van der Waals surface area contributed by atoms with Gasteiger partial charge in [-0.1, -0.05) is 27.7 Å². The highest BCUT2D eigenvalue weighted by molar-refractivity contribution is 7.99. The third-order valence-corrected chi connectivity index (χ3v) is 2.91. The Hall–Kier alpha value is 0.310. The highest BCUT2D eigenvalue weighted by atomic mass is 32.2. The van der Waals surface area contributed by atoms with Crippen molar-refractivity contribution in [2.75, 3.05) is 25.4 Å². The van der Waals surface area contributed by atoms with Crippen molar-refractivity contribution < 1.29 is 0 Å². The van der Waals surface area contributed by atoms with Crippen molar-refractivity contribution in [1.29, 1.82) is 0 Å². The second kappa shape index (κ2) is 6.99. The average molecular weight is 175 g/mol. The normalized spacial score (nSPS) is 25.6. The molecule has 1 fully saturated rings. The van der Waals surface area contributed by atoms with Crippen molar-refractivity contribution in [3.05, 3.63) is 0 Å². The SMILES string of the molecule is CC.CCN1CCS[C@@H](C)C1. The van der Waals surface area contributed by atoms with Crippen LogP contribution in [0.2, 0.25) is 0 Å². The van der Waals surface area contributed by atoms with Gasteiger partial charge in [-0.15, -0.1) is 0 Å². The van der Waals surface area contributed by atoms with E-state index >= 15 is 0 Å². The van der Waals surface area contributed by atoms with Crippen molar-refractivity contribution in [2.24, 2.45) is 0 Å². The lowest BCUT2D eigenvalue weighted by molar-refractivity contribution is 0.302. The summed E-state index contributed by atoms with van der Waals surface area (Å²) < 4.78 is 0. The quantitative estimate of drug-likeness (QED) is 0.602. The molecular formula is C9H21NS. The molecule has 1 aliphatic rings. The van der Waals surface area contributed by atoms with Crippen LogP contribution in [-0.4, -0.2) is 35.5 Å². The van der Waals surface area contributed by atoms with Crippen LogP contribution in [0, 0.1) is 0 Å². The minimum absolute atomic E-state index is 0.860. The summed E-state index contributed by atoms with van der Waals surface area (Å²) in [4.78, 5) is 2.52. The zero-order valence-corrected chi connectivity index (χ0v) is 9.08. The van der Waals surface area contributed by atoms with E-state index in [-0.39, 0.29) is 0 Å². The van der Waals surface area contributed by atoms with Crippen LogP contribution in [0.5, 0.6) is 0 Å². The summed E-state index contributed by atoms with van der Waals surface area (Å²) in [6, 6.07) is 0. The summed E-state index contributed by atoms with van der Waals surface area (Å²) in [5.41, 5.74) is 0. The Bertz CT molecular complexity index is 85.6. The molecule has 0 spiro atoms. The molecule has 0 aliphatic carbocycles. The smallest absolute Gasteiger partial charge is 0.0147 e. The van der Waals surface area contributed by atoms with E-state index in [0.717, 1.165) is 5.25 Å². The van der Waals surface area contributed by atoms with Crippen molar-refractivity contribution >= 4 is 11.8 Å². The van der Waals surface area contributed by atoms with Crippen molar-refractivity contribution in [2.45, 2.75) is 32.9 Å². The van der Waals surface area contributed by atoms with E-state index < -0.39 is 0 Å². The molecule has 0 aromatic rings. The fourth-order valence-electron chi connectivity index (χ4n) is 1.18. The van der Waals surface area contributed by atoms with E-state index in [9.17, 15) is 0 Å². The van der Waals surface area contributed by atoms with E-state index in [1.165, 1.54) is 25.4 Å². The van der Waals surface area contributed by atoms with Gasteiger partial charge in [0.2, 0.25) is 0 Å². The number of thioether (sulfide) groups is 1. The van der Waals surface area contributed by atoms with Crippen LogP contribution in [0.1, 0.15) is 27.7 Å². The van der Waals surface area contributed by atoms with Crippen molar-refractivity contribution in [1.82, 2.24) is 4.90 Å². The van der Waals surface area contributed by atoms with Crippen LogP contribution in [0.25, 0.3) is 0 Å². The summed E-state index contributed by atoms with van der Waals surface area (Å²) in [6.07, 6.45) is 0. The molecule has 0 radical (unpaired) electrons. The van der Waals surface area contributed by atoms with Crippen LogP contribution < -0.4 is 0 Å². The van der Waals surface area contributed by atoms with Gasteiger partial charge in [0, 0.05) is 24.1 Å². The van der Waals surface area contributed by atoms with Crippen LogP contribution in [0.15, 0.2) is 0 Å². The predicted molar refractivity (Wildman–Crippen MR) is 55.4 cm³/mol. The first-order valence-corrected chi connectivity index (χ1v) is 5.71. The largest absolute Gasteiger partial charge is 0.302 e. The topological polar surface area (TPSA) is 3.24 Å². The molecule has 1 rings (SSSR count). The third-order valence-electron chi connectivity index (χ3n) is 1.77.